The van der Waals surface area contributed by atoms with Gasteiger partial charge in [-0.05, 0) is 50.4 Å². The summed E-state index contributed by atoms with van der Waals surface area (Å²) in [7, 11) is 0. The summed E-state index contributed by atoms with van der Waals surface area (Å²) in [5.74, 6) is 0.203. The zero-order valence-electron chi connectivity index (χ0n) is 8.53. The second-order valence-electron chi connectivity index (χ2n) is 3.34. The highest BCUT2D eigenvalue weighted by Gasteiger charge is 2.12. The summed E-state index contributed by atoms with van der Waals surface area (Å²) in [5.41, 5.74) is 1.82. The van der Waals surface area contributed by atoms with E-state index >= 15 is 0 Å². The smallest absolute Gasteiger partial charge is 0.0847 e. The van der Waals surface area contributed by atoms with Crippen molar-refractivity contribution in [3.63, 3.8) is 0 Å². The van der Waals surface area contributed by atoms with Crippen molar-refractivity contribution in [1.29, 1.82) is 0 Å². The highest BCUT2D eigenvalue weighted by molar-refractivity contribution is 9.11. The summed E-state index contributed by atoms with van der Waals surface area (Å²) >= 11 is 18.4. The van der Waals surface area contributed by atoms with Crippen LogP contribution in [0.15, 0.2) is 15.0 Å². The SMILES string of the molecule is Cc1c(Cl)cc(Br)c(NCC(O)CCl)c1Br. The first-order valence-corrected chi connectivity index (χ1v) is 7.09. The molecule has 2 N–H and O–H groups in total. The Morgan fingerprint density at radius 3 is 2.69 bits per heavy atom. The van der Waals surface area contributed by atoms with E-state index in [1.54, 1.807) is 0 Å². The molecule has 1 unspecified atom stereocenters. The first-order valence-electron chi connectivity index (χ1n) is 4.59. The van der Waals surface area contributed by atoms with E-state index in [1.165, 1.54) is 0 Å². The molecule has 1 atom stereocenters. The van der Waals surface area contributed by atoms with Gasteiger partial charge in [-0.1, -0.05) is 11.6 Å². The molecule has 90 valence electrons. The Morgan fingerprint density at radius 2 is 2.12 bits per heavy atom. The van der Waals surface area contributed by atoms with Gasteiger partial charge in [-0.25, -0.2) is 0 Å². The van der Waals surface area contributed by atoms with Crippen LogP contribution in [-0.2, 0) is 0 Å². The maximum Gasteiger partial charge on any atom is 0.0847 e. The van der Waals surface area contributed by atoms with Crippen LogP contribution in [0, 0.1) is 6.92 Å². The van der Waals surface area contributed by atoms with E-state index < -0.39 is 6.10 Å². The molecule has 1 rings (SSSR count). The van der Waals surface area contributed by atoms with Crippen molar-refractivity contribution in [2.24, 2.45) is 0 Å². The number of aliphatic hydroxyl groups is 1. The number of hydrogen-bond donors (Lipinski definition) is 2. The average Bonchev–Trinajstić information content (AvgIpc) is 2.25. The average molecular weight is 392 g/mol. The number of benzene rings is 1. The minimum atomic E-state index is -0.573. The molecule has 0 spiro atoms. The Hall–Kier alpha value is 0.520. The molecule has 1 aromatic rings. The van der Waals surface area contributed by atoms with E-state index in [-0.39, 0.29) is 5.88 Å². The van der Waals surface area contributed by atoms with Gasteiger partial charge in [0.25, 0.3) is 0 Å². The largest absolute Gasteiger partial charge is 0.390 e. The Morgan fingerprint density at radius 1 is 1.50 bits per heavy atom. The van der Waals surface area contributed by atoms with Gasteiger partial charge in [0.15, 0.2) is 0 Å². The Bertz CT molecular complexity index is 388. The lowest BCUT2D eigenvalue weighted by Crippen LogP contribution is -2.21. The molecule has 0 aliphatic carbocycles. The molecule has 0 amide bonds. The molecule has 0 aliphatic heterocycles. The molecule has 1 aromatic carbocycles. The third kappa shape index (κ3) is 3.50. The van der Waals surface area contributed by atoms with Gasteiger partial charge < -0.3 is 10.4 Å². The summed E-state index contributed by atoms with van der Waals surface area (Å²) in [6, 6.07) is 1.82. The van der Waals surface area contributed by atoms with E-state index in [1.807, 2.05) is 13.0 Å². The zero-order valence-corrected chi connectivity index (χ0v) is 13.2. The number of aliphatic hydroxyl groups excluding tert-OH is 1. The molecule has 2 nitrogen and oxygen atoms in total. The van der Waals surface area contributed by atoms with Crippen molar-refractivity contribution in [2.75, 3.05) is 17.7 Å². The highest BCUT2D eigenvalue weighted by Crippen LogP contribution is 2.37. The number of anilines is 1. The molecule has 0 aliphatic rings. The van der Waals surface area contributed by atoms with Crippen molar-refractivity contribution < 1.29 is 5.11 Å². The molecule has 0 bridgehead atoms. The number of nitrogens with one attached hydrogen (secondary N) is 1. The fraction of sp³-hybridized carbons (Fsp3) is 0.400. The summed E-state index contributed by atoms with van der Waals surface area (Å²) < 4.78 is 1.73. The van der Waals surface area contributed by atoms with Crippen LogP contribution in [0.2, 0.25) is 5.02 Å². The monoisotopic (exact) mass is 389 g/mol. The molecule has 0 radical (unpaired) electrons. The predicted octanol–water partition coefficient (Wildman–Crippen LogP) is 4.19. The minimum Gasteiger partial charge on any atom is -0.390 e. The fourth-order valence-corrected chi connectivity index (χ4v) is 3.08. The van der Waals surface area contributed by atoms with Gasteiger partial charge in [-0.15, -0.1) is 11.6 Å². The Labute approximate surface area is 122 Å². The molecular formula is C10H11Br2Cl2NO. The van der Waals surface area contributed by atoms with Gasteiger partial charge >= 0.3 is 0 Å². The van der Waals surface area contributed by atoms with Crippen LogP contribution in [0.3, 0.4) is 0 Å². The number of hydrogen-bond acceptors (Lipinski definition) is 2. The summed E-state index contributed by atoms with van der Waals surface area (Å²) in [6.45, 7) is 2.31. The topological polar surface area (TPSA) is 32.3 Å². The van der Waals surface area contributed by atoms with E-state index in [2.05, 4.69) is 37.2 Å². The second-order valence-corrected chi connectivity index (χ2v) is 5.71. The predicted molar refractivity (Wildman–Crippen MR) is 76.8 cm³/mol. The van der Waals surface area contributed by atoms with Crippen molar-refractivity contribution in [3.8, 4) is 0 Å². The molecular weight excluding hydrogens is 381 g/mol. The van der Waals surface area contributed by atoms with Gasteiger partial charge in [0.05, 0.1) is 17.7 Å². The lowest BCUT2D eigenvalue weighted by molar-refractivity contribution is 0.211. The minimum absolute atomic E-state index is 0.203. The van der Waals surface area contributed by atoms with Gasteiger partial charge in [-0.2, -0.15) is 0 Å². The van der Waals surface area contributed by atoms with Gasteiger partial charge in [-0.3, -0.25) is 0 Å². The fourth-order valence-electron chi connectivity index (χ4n) is 1.13. The van der Waals surface area contributed by atoms with Crippen LogP contribution >= 0.6 is 55.1 Å². The van der Waals surface area contributed by atoms with Crippen molar-refractivity contribution in [1.82, 2.24) is 0 Å². The molecule has 16 heavy (non-hydrogen) atoms. The van der Waals surface area contributed by atoms with Crippen LogP contribution < -0.4 is 5.32 Å². The zero-order chi connectivity index (χ0) is 12.3. The molecule has 0 fully saturated rings. The van der Waals surface area contributed by atoms with E-state index in [0.717, 1.165) is 20.2 Å². The normalized spacial score (nSPS) is 12.6. The first-order chi connectivity index (χ1) is 7.47. The van der Waals surface area contributed by atoms with Gasteiger partial charge in [0, 0.05) is 20.5 Å². The highest BCUT2D eigenvalue weighted by atomic mass is 79.9. The summed E-state index contributed by atoms with van der Waals surface area (Å²) in [5, 5.41) is 13.2. The summed E-state index contributed by atoms with van der Waals surface area (Å²) in [4.78, 5) is 0. The van der Waals surface area contributed by atoms with E-state index in [9.17, 15) is 5.11 Å². The Kier molecular flexibility index (Phi) is 5.88. The quantitative estimate of drug-likeness (QED) is 0.754. The van der Waals surface area contributed by atoms with Crippen molar-refractivity contribution in [2.45, 2.75) is 13.0 Å². The van der Waals surface area contributed by atoms with E-state index in [0.29, 0.717) is 11.6 Å². The van der Waals surface area contributed by atoms with Gasteiger partial charge in [0.1, 0.15) is 0 Å². The molecule has 0 aromatic heterocycles. The number of alkyl halides is 1. The van der Waals surface area contributed by atoms with Crippen LogP contribution in [0.4, 0.5) is 5.69 Å². The molecule has 0 saturated carbocycles. The maximum absolute atomic E-state index is 9.37. The lowest BCUT2D eigenvalue weighted by atomic mass is 10.2. The third-order valence-corrected chi connectivity index (χ3v) is 4.46. The van der Waals surface area contributed by atoms with E-state index in [4.69, 9.17) is 23.2 Å². The van der Waals surface area contributed by atoms with Gasteiger partial charge in [0.2, 0.25) is 0 Å². The van der Waals surface area contributed by atoms with Crippen LogP contribution in [0.25, 0.3) is 0 Å². The van der Waals surface area contributed by atoms with Crippen LogP contribution in [-0.4, -0.2) is 23.6 Å². The Balaban J connectivity index is 2.92. The van der Waals surface area contributed by atoms with Crippen LogP contribution in [0.1, 0.15) is 5.56 Å². The maximum atomic E-state index is 9.37. The van der Waals surface area contributed by atoms with Crippen molar-refractivity contribution >= 4 is 60.7 Å². The molecule has 6 heteroatoms. The van der Waals surface area contributed by atoms with Crippen LogP contribution in [0.5, 0.6) is 0 Å². The second kappa shape index (κ2) is 6.45. The number of rotatable bonds is 4. The summed E-state index contributed by atoms with van der Waals surface area (Å²) in [6.07, 6.45) is -0.573. The standard InChI is InChI=1S/C10H11Br2Cl2NO/c1-5-8(14)2-7(11)10(9(5)12)15-4-6(16)3-13/h2,6,15-16H,3-4H2,1H3. The van der Waals surface area contributed by atoms with Crippen molar-refractivity contribution in [3.05, 3.63) is 25.6 Å². The third-order valence-electron chi connectivity index (χ3n) is 2.09. The molecule has 0 heterocycles. The molecule has 0 saturated heterocycles. The lowest BCUT2D eigenvalue weighted by Gasteiger charge is -2.15. The first kappa shape index (κ1) is 14.6. The number of halogens is 4.